The zero-order chi connectivity index (χ0) is 13.4. The quantitative estimate of drug-likeness (QED) is 0.749. The number of hydrogen-bond acceptors (Lipinski definition) is 4. The summed E-state index contributed by atoms with van der Waals surface area (Å²) in [5.41, 5.74) is 0.0743. The normalized spacial score (nSPS) is 10.3. The van der Waals surface area contributed by atoms with Gasteiger partial charge in [-0.2, -0.15) is 0 Å². The number of carbonyl (C=O) groups is 1. The van der Waals surface area contributed by atoms with Crippen molar-refractivity contribution in [3.05, 3.63) is 34.2 Å². The molecule has 0 fully saturated rings. The molecular weight excluding hydrogens is 236 g/mol. The number of aromatic amines is 1. The molecule has 1 N–H and O–H groups in total. The van der Waals surface area contributed by atoms with Crippen LogP contribution < -0.4 is 5.56 Å². The van der Waals surface area contributed by atoms with E-state index in [-0.39, 0.29) is 11.5 Å². The number of ether oxygens (including phenoxy) is 2. The van der Waals surface area contributed by atoms with Crippen LogP contribution >= 0.6 is 0 Å². The van der Waals surface area contributed by atoms with Gasteiger partial charge in [-0.3, -0.25) is 9.59 Å². The number of rotatable bonds is 7. The second kappa shape index (κ2) is 7.62. The van der Waals surface area contributed by atoms with E-state index in [0.29, 0.717) is 31.9 Å². The smallest absolute Gasteiger partial charge is 0.254 e. The lowest BCUT2D eigenvalue weighted by atomic mass is 10.2. The molecule has 6 heteroatoms. The van der Waals surface area contributed by atoms with Gasteiger partial charge < -0.3 is 19.4 Å². The van der Waals surface area contributed by atoms with Crippen molar-refractivity contribution < 1.29 is 14.3 Å². The van der Waals surface area contributed by atoms with Crippen molar-refractivity contribution in [3.63, 3.8) is 0 Å². The molecule has 6 nitrogen and oxygen atoms in total. The minimum Gasteiger partial charge on any atom is -0.383 e. The van der Waals surface area contributed by atoms with Crippen molar-refractivity contribution in [2.45, 2.75) is 0 Å². The van der Waals surface area contributed by atoms with Gasteiger partial charge in [-0.05, 0) is 6.07 Å². The van der Waals surface area contributed by atoms with Crippen molar-refractivity contribution in [2.24, 2.45) is 0 Å². The largest absolute Gasteiger partial charge is 0.383 e. The fraction of sp³-hybridized carbons (Fsp3) is 0.500. The molecule has 18 heavy (non-hydrogen) atoms. The van der Waals surface area contributed by atoms with Crippen molar-refractivity contribution in [3.8, 4) is 0 Å². The molecule has 0 aromatic carbocycles. The van der Waals surface area contributed by atoms with Gasteiger partial charge in [-0.15, -0.1) is 0 Å². The average molecular weight is 254 g/mol. The summed E-state index contributed by atoms with van der Waals surface area (Å²) in [6, 6.07) is 2.87. The summed E-state index contributed by atoms with van der Waals surface area (Å²) in [4.78, 5) is 27.4. The van der Waals surface area contributed by atoms with Crippen molar-refractivity contribution in [1.29, 1.82) is 0 Å². The van der Waals surface area contributed by atoms with E-state index >= 15 is 0 Å². The third-order valence-corrected chi connectivity index (χ3v) is 2.44. The summed E-state index contributed by atoms with van der Waals surface area (Å²) in [6.45, 7) is 1.81. The number of pyridine rings is 1. The summed E-state index contributed by atoms with van der Waals surface area (Å²) in [5, 5.41) is 0. The highest BCUT2D eigenvalue weighted by Crippen LogP contribution is 2.01. The number of aromatic nitrogens is 1. The van der Waals surface area contributed by atoms with E-state index in [0.717, 1.165) is 0 Å². The molecule has 100 valence electrons. The monoisotopic (exact) mass is 254 g/mol. The highest BCUT2D eigenvalue weighted by molar-refractivity contribution is 5.94. The topological polar surface area (TPSA) is 71.6 Å². The Balaban J connectivity index is 2.77. The van der Waals surface area contributed by atoms with Gasteiger partial charge in [0.15, 0.2) is 0 Å². The standard InChI is InChI=1S/C12H18N2O4/c1-17-7-5-14(6-8-18-2)12(16)10-3-4-13-11(15)9-10/h3-4,9H,5-8H2,1-2H3,(H,13,15). The Kier molecular flexibility index (Phi) is 6.10. The van der Waals surface area contributed by atoms with E-state index in [1.54, 1.807) is 25.2 Å². The number of nitrogens with one attached hydrogen (secondary N) is 1. The predicted molar refractivity (Wildman–Crippen MR) is 66.7 cm³/mol. The number of H-pyrrole nitrogens is 1. The van der Waals surface area contributed by atoms with Crippen LogP contribution in [0.25, 0.3) is 0 Å². The van der Waals surface area contributed by atoms with Gasteiger partial charge in [0, 0.05) is 45.1 Å². The molecule has 1 amide bonds. The molecular formula is C12H18N2O4. The number of hydrogen-bond donors (Lipinski definition) is 1. The maximum atomic E-state index is 12.2. The molecule has 0 saturated carbocycles. The Labute approximate surface area is 106 Å². The third kappa shape index (κ3) is 4.31. The van der Waals surface area contributed by atoms with E-state index in [4.69, 9.17) is 9.47 Å². The van der Waals surface area contributed by atoms with Crippen molar-refractivity contribution in [1.82, 2.24) is 9.88 Å². The predicted octanol–water partition coefficient (Wildman–Crippen LogP) is 0.110. The molecule has 0 unspecified atom stereocenters. The van der Waals surface area contributed by atoms with Gasteiger partial charge in [-0.25, -0.2) is 0 Å². The Morgan fingerprint density at radius 3 is 2.39 bits per heavy atom. The van der Waals surface area contributed by atoms with E-state index in [1.165, 1.54) is 12.3 Å². The van der Waals surface area contributed by atoms with Crippen LogP contribution in [-0.4, -0.2) is 56.3 Å². The molecule has 0 atom stereocenters. The fourth-order valence-electron chi connectivity index (χ4n) is 1.48. The maximum absolute atomic E-state index is 12.2. The number of amides is 1. The molecule has 0 bridgehead atoms. The maximum Gasteiger partial charge on any atom is 0.254 e. The molecule has 0 radical (unpaired) electrons. The lowest BCUT2D eigenvalue weighted by molar-refractivity contribution is 0.0627. The van der Waals surface area contributed by atoms with Gasteiger partial charge in [0.2, 0.25) is 5.56 Å². The molecule has 0 aliphatic carbocycles. The lowest BCUT2D eigenvalue weighted by Gasteiger charge is -2.21. The average Bonchev–Trinajstić information content (AvgIpc) is 2.38. The van der Waals surface area contributed by atoms with Crippen molar-refractivity contribution >= 4 is 5.91 Å². The third-order valence-electron chi connectivity index (χ3n) is 2.44. The second-order valence-electron chi connectivity index (χ2n) is 3.72. The van der Waals surface area contributed by atoms with Crippen LogP contribution in [0.5, 0.6) is 0 Å². The Hall–Kier alpha value is -1.66. The van der Waals surface area contributed by atoms with Crippen LogP contribution in [0.3, 0.4) is 0 Å². The molecule has 0 aliphatic heterocycles. The minimum absolute atomic E-state index is 0.199. The molecule has 0 aliphatic rings. The highest BCUT2D eigenvalue weighted by atomic mass is 16.5. The van der Waals surface area contributed by atoms with Crippen LogP contribution in [0.4, 0.5) is 0 Å². The highest BCUT2D eigenvalue weighted by Gasteiger charge is 2.15. The number of methoxy groups -OCH3 is 2. The summed E-state index contributed by atoms with van der Waals surface area (Å²) in [7, 11) is 3.15. The number of nitrogens with zero attached hydrogens (tertiary/aromatic N) is 1. The molecule has 1 rings (SSSR count). The van der Waals surface area contributed by atoms with Crippen LogP contribution in [0.1, 0.15) is 10.4 Å². The first-order chi connectivity index (χ1) is 8.69. The zero-order valence-electron chi connectivity index (χ0n) is 10.6. The van der Waals surface area contributed by atoms with Gasteiger partial charge in [0.1, 0.15) is 0 Å². The molecule has 1 aromatic heterocycles. The molecule has 1 aromatic rings. The first-order valence-electron chi connectivity index (χ1n) is 5.65. The second-order valence-corrected chi connectivity index (χ2v) is 3.72. The summed E-state index contributed by atoms with van der Waals surface area (Å²) >= 11 is 0. The van der Waals surface area contributed by atoms with Crippen LogP contribution in [0, 0.1) is 0 Å². The van der Waals surface area contributed by atoms with Gasteiger partial charge in [-0.1, -0.05) is 0 Å². The van der Waals surface area contributed by atoms with Crippen molar-refractivity contribution in [2.75, 3.05) is 40.5 Å². The van der Waals surface area contributed by atoms with Gasteiger partial charge in [0.25, 0.3) is 5.91 Å². The van der Waals surface area contributed by atoms with Crippen LogP contribution in [0.15, 0.2) is 23.1 Å². The van der Waals surface area contributed by atoms with E-state index in [9.17, 15) is 9.59 Å². The number of carbonyl (C=O) groups excluding carboxylic acids is 1. The SMILES string of the molecule is COCCN(CCOC)C(=O)c1cc[nH]c(=O)c1. The van der Waals surface area contributed by atoms with Crippen LogP contribution in [-0.2, 0) is 9.47 Å². The van der Waals surface area contributed by atoms with Gasteiger partial charge in [0.05, 0.1) is 13.2 Å². The van der Waals surface area contributed by atoms with E-state index < -0.39 is 0 Å². The summed E-state index contributed by atoms with van der Waals surface area (Å²) in [5.74, 6) is -0.199. The fourth-order valence-corrected chi connectivity index (χ4v) is 1.48. The van der Waals surface area contributed by atoms with E-state index in [1.807, 2.05) is 0 Å². The summed E-state index contributed by atoms with van der Waals surface area (Å²) < 4.78 is 9.92. The minimum atomic E-state index is -0.292. The lowest BCUT2D eigenvalue weighted by Crippen LogP contribution is -2.36. The molecule has 0 spiro atoms. The van der Waals surface area contributed by atoms with Gasteiger partial charge >= 0.3 is 0 Å². The Morgan fingerprint density at radius 2 is 1.89 bits per heavy atom. The van der Waals surface area contributed by atoms with Crippen LogP contribution in [0.2, 0.25) is 0 Å². The first-order valence-corrected chi connectivity index (χ1v) is 5.65. The summed E-state index contributed by atoms with van der Waals surface area (Å²) in [6.07, 6.45) is 1.46. The zero-order valence-corrected chi connectivity index (χ0v) is 10.6. The first kappa shape index (κ1) is 14.4. The Bertz CT molecular complexity index is 422. The molecule has 0 saturated heterocycles. The van der Waals surface area contributed by atoms with E-state index in [2.05, 4.69) is 4.98 Å². The Morgan fingerprint density at radius 1 is 1.28 bits per heavy atom. The molecule has 1 heterocycles.